The second kappa shape index (κ2) is 7.73. The molecule has 3 aromatic heterocycles. The van der Waals surface area contributed by atoms with Crippen LogP contribution < -0.4 is 10.9 Å². The van der Waals surface area contributed by atoms with Gasteiger partial charge >= 0.3 is 0 Å². The van der Waals surface area contributed by atoms with Crippen LogP contribution in [-0.4, -0.2) is 26.7 Å². The fourth-order valence-corrected chi connectivity index (χ4v) is 6.60. The maximum atomic E-state index is 12.8. The number of fused-ring (bicyclic) bond motifs is 3. The van der Waals surface area contributed by atoms with Gasteiger partial charge in [0.2, 0.25) is 5.13 Å². The number of hydrogen-bond donors (Lipinski definition) is 2. The summed E-state index contributed by atoms with van der Waals surface area (Å²) in [4.78, 5) is 22.7. The highest BCUT2D eigenvalue weighted by Gasteiger charge is 2.24. The Hall–Kier alpha value is -1.71. The van der Waals surface area contributed by atoms with Crippen LogP contribution in [0.4, 0.5) is 5.13 Å². The number of nitrogens with zero attached hydrogens (tertiary/aromatic N) is 3. The van der Waals surface area contributed by atoms with Crippen LogP contribution in [0.3, 0.4) is 0 Å². The number of aromatic amines is 1. The standard InChI is InChI=1S/C18H21N5OS3/c1-4-7-19-17-22-23-18(27-17)25-10(3)14-20-15(24)13-11-6-5-9(2)8-12(11)26-16(13)21-14/h4,9-10H,1,5-8H2,2-3H3,(H,19,22)(H,20,21,24)/t9-,10-/m0/s1. The van der Waals surface area contributed by atoms with Gasteiger partial charge < -0.3 is 10.3 Å². The van der Waals surface area contributed by atoms with Crippen LogP contribution in [0.2, 0.25) is 0 Å². The minimum atomic E-state index is -0.0138. The molecule has 3 heterocycles. The smallest absolute Gasteiger partial charge is 0.259 e. The molecule has 0 saturated carbocycles. The number of hydrogen-bond acceptors (Lipinski definition) is 8. The molecule has 0 bridgehead atoms. The Bertz CT molecular complexity index is 1040. The normalized spacial score (nSPS) is 17.6. The van der Waals surface area contributed by atoms with Crippen LogP contribution in [0.1, 0.15) is 41.8 Å². The van der Waals surface area contributed by atoms with Crippen molar-refractivity contribution in [3.8, 4) is 0 Å². The molecule has 1 aliphatic rings. The first-order chi connectivity index (χ1) is 13.0. The van der Waals surface area contributed by atoms with Crippen LogP contribution in [-0.2, 0) is 12.8 Å². The fraction of sp³-hybridized carbons (Fsp3) is 0.444. The summed E-state index contributed by atoms with van der Waals surface area (Å²) in [7, 11) is 0. The number of anilines is 1. The van der Waals surface area contributed by atoms with Crippen molar-refractivity contribution in [3.05, 3.63) is 39.3 Å². The minimum Gasteiger partial charge on any atom is -0.357 e. The van der Waals surface area contributed by atoms with Gasteiger partial charge in [0.05, 0.1) is 10.6 Å². The monoisotopic (exact) mass is 419 g/mol. The topological polar surface area (TPSA) is 83.6 Å². The van der Waals surface area contributed by atoms with Gasteiger partial charge in [-0.15, -0.1) is 28.1 Å². The van der Waals surface area contributed by atoms with Crippen LogP contribution in [0, 0.1) is 5.92 Å². The first-order valence-corrected chi connectivity index (χ1v) is 11.5. The molecule has 0 unspecified atom stereocenters. The molecule has 0 aromatic carbocycles. The molecule has 0 amide bonds. The predicted molar refractivity (Wildman–Crippen MR) is 114 cm³/mol. The quantitative estimate of drug-likeness (QED) is 0.455. The second-order valence-electron chi connectivity index (χ2n) is 6.79. The van der Waals surface area contributed by atoms with E-state index in [4.69, 9.17) is 4.98 Å². The summed E-state index contributed by atoms with van der Waals surface area (Å²) in [6.07, 6.45) is 4.96. The maximum absolute atomic E-state index is 12.8. The summed E-state index contributed by atoms with van der Waals surface area (Å²) < 4.78 is 0.844. The lowest BCUT2D eigenvalue weighted by molar-refractivity contribution is 0.509. The lowest BCUT2D eigenvalue weighted by atomic mass is 9.89. The number of aryl methyl sites for hydroxylation is 1. The Morgan fingerprint density at radius 2 is 2.30 bits per heavy atom. The van der Waals surface area contributed by atoms with Crippen molar-refractivity contribution in [1.82, 2.24) is 20.2 Å². The molecule has 9 heteroatoms. The zero-order valence-corrected chi connectivity index (χ0v) is 17.7. The van der Waals surface area contributed by atoms with Crippen molar-refractivity contribution in [1.29, 1.82) is 0 Å². The lowest BCUT2D eigenvalue weighted by Gasteiger charge is -2.17. The van der Waals surface area contributed by atoms with E-state index in [1.54, 1.807) is 29.2 Å². The molecule has 27 heavy (non-hydrogen) atoms. The largest absolute Gasteiger partial charge is 0.357 e. The van der Waals surface area contributed by atoms with Gasteiger partial charge in [-0.25, -0.2) is 4.98 Å². The summed E-state index contributed by atoms with van der Waals surface area (Å²) >= 11 is 4.73. The minimum absolute atomic E-state index is 0.0136. The molecule has 2 N–H and O–H groups in total. The van der Waals surface area contributed by atoms with Crippen molar-refractivity contribution in [3.63, 3.8) is 0 Å². The second-order valence-corrected chi connectivity index (χ2v) is 10.4. The van der Waals surface area contributed by atoms with E-state index >= 15 is 0 Å². The van der Waals surface area contributed by atoms with Gasteiger partial charge in [0.1, 0.15) is 10.7 Å². The van der Waals surface area contributed by atoms with Gasteiger partial charge in [0.15, 0.2) is 4.34 Å². The number of nitrogens with one attached hydrogen (secondary N) is 2. The predicted octanol–water partition coefficient (Wildman–Crippen LogP) is 4.41. The molecule has 3 aromatic rings. The third-order valence-corrected chi connectivity index (χ3v) is 7.87. The molecule has 6 nitrogen and oxygen atoms in total. The van der Waals surface area contributed by atoms with E-state index in [2.05, 4.69) is 34.0 Å². The van der Waals surface area contributed by atoms with E-state index in [0.29, 0.717) is 18.3 Å². The van der Waals surface area contributed by atoms with E-state index in [9.17, 15) is 4.79 Å². The molecule has 0 fully saturated rings. The van der Waals surface area contributed by atoms with Gasteiger partial charge in [-0.1, -0.05) is 36.1 Å². The Balaban J connectivity index is 1.59. The molecule has 2 atom stereocenters. The average Bonchev–Trinajstić information content (AvgIpc) is 3.23. The van der Waals surface area contributed by atoms with E-state index in [0.717, 1.165) is 39.0 Å². The van der Waals surface area contributed by atoms with Gasteiger partial charge in [-0.05, 0) is 37.7 Å². The molecule has 4 rings (SSSR count). The van der Waals surface area contributed by atoms with Crippen molar-refractivity contribution in [2.45, 2.75) is 42.7 Å². The van der Waals surface area contributed by atoms with Gasteiger partial charge in [-0.3, -0.25) is 4.79 Å². The highest BCUT2D eigenvalue weighted by atomic mass is 32.2. The van der Waals surface area contributed by atoms with E-state index in [1.807, 2.05) is 6.92 Å². The molecule has 142 valence electrons. The maximum Gasteiger partial charge on any atom is 0.259 e. The van der Waals surface area contributed by atoms with Gasteiger partial charge in [0, 0.05) is 11.4 Å². The van der Waals surface area contributed by atoms with E-state index in [-0.39, 0.29) is 10.8 Å². The highest BCUT2D eigenvalue weighted by Crippen LogP contribution is 2.38. The molecular weight excluding hydrogens is 398 g/mol. The summed E-state index contributed by atoms with van der Waals surface area (Å²) in [6, 6.07) is 0. The number of thiophene rings is 1. The highest BCUT2D eigenvalue weighted by molar-refractivity contribution is 8.01. The molecular formula is C18H21N5OS3. The first kappa shape index (κ1) is 18.6. The number of H-pyrrole nitrogens is 1. The van der Waals surface area contributed by atoms with Crippen molar-refractivity contribution in [2.24, 2.45) is 5.92 Å². The third kappa shape index (κ3) is 3.81. The zero-order valence-electron chi connectivity index (χ0n) is 15.2. The van der Waals surface area contributed by atoms with E-state index in [1.165, 1.54) is 21.8 Å². The summed E-state index contributed by atoms with van der Waals surface area (Å²) in [5, 5.41) is 13.0. The molecule has 1 aliphatic carbocycles. The van der Waals surface area contributed by atoms with Crippen LogP contribution in [0.25, 0.3) is 10.2 Å². The number of aromatic nitrogens is 4. The number of thioether (sulfide) groups is 1. The summed E-state index contributed by atoms with van der Waals surface area (Å²) in [5.41, 5.74) is 1.20. The SMILES string of the molecule is C=CCNc1nnc(S[C@@H](C)c2nc3sc4c(c3c(=O)[nH]2)CC[C@H](C)C4)s1. The summed E-state index contributed by atoms with van der Waals surface area (Å²) in [6.45, 7) is 8.64. The Morgan fingerprint density at radius 1 is 1.44 bits per heavy atom. The van der Waals surface area contributed by atoms with Crippen LogP contribution >= 0.6 is 34.4 Å². The summed E-state index contributed by atoms with van der Waals surface area (Å²) in [5.74, 6) is 1.37. The van der Waals surface area contributed by atoms with Crippen LogP contribution in [0.5, 0.6) is 0 Å². The van der Waals surface area contributed by atoms with Crippen molar-refractivity contribution < 1.29 is 0 Å². The van der Waals surface area contributed by atoms with Crippen LogP contribution in [0.15, 0.2) is 21.8 Å². The zero-order chi connectivity index (χ0) is 19.0. The Kier molecular flexibility index (Phi) is 5.34. The molecule has 0 saturated heterocycles. The average molecular weight is 420 g/mol. The molecule has 0 aliphatic heterocycles. The van der Waals surface area contributed by atoms with Crippen molar-refractivity contribution >= 4 is 49.8 Å². The third-order valence-electron chi connectivity index (χ3n) is 4.65. The van der Waals surface area contributed by atoms with Gasteiger partial charge in [-0.2, -0.15) is 0 Å². The fourth-order valence-electron chi connectivity index (χ4n) is 3.25. The molecule has 0 radical (unpaired) electrons. The number of rotatable bonds is 6. The Morgan fingerprint density at radius 3 is 3.11 bits per heavy atom. The lowest BCUT2D eigenvalue weighted by Crippen LogP contribution is -2.15. The van der Waals surface area contributed by atoms with E-state index < -0.39 is 0 Å². The Labute approximate surface area is 169 Å². The van der Waals surface area contributed by atoms with Gasteiger partial charge in [0.25, 0.3) is 5.56 Å². The first-order valence-electron chi connectivity index (χ1n) is 8.94. The molecule has 0 spiro atoms. The van der Waals surface area contributed by atoms with Crippen molar-refractivity contribution in [2.75, 3.05) is 11.9 Å².